The molecule has 2 N–H and O–H groups in total. The molecule has 0 aliphatic carbocycles. The molecule has 0 saturated heterocycles. The minimum atomic E-state index is -0.432. The van der Waals surface area contributed by atoms with Crippen molar-refractivity contribution in [2.24, 2.45) is 5.73 Å². The van der Waals surface area contributed by atoms with Crippen molar-refractivity contribution in [2.75, 3.05) is 7.11 Å². The molecule has 1 heterocycles. The highest BCUT2D eigenvalue weighted by molar-refractivity contribution is 7.98. The molecule has 8 nitrogen and oxygen atoms in total. The fourth-order valence-electron chi connectivity index (χ4n) is 2.42. The van der Waals surface area contributed by atoms with E-state index >= 15 is 0 Å². The number of hydrogen-bond donors (Lipinski definition) is 1. The second-order valence-corrected chi connectivity index (χ2v) is 6.29. The third-order valence-electron chi connectivity index (χ3n) is 3.70. The van der Waals surface area contributed by atoms with Gasteiger partial charge in [-0.05, 0) is 29.8 Å². The number of nitrogens with zero attached hydrogens (tertiary/aromatic N) is 4. The average molecular weight is 371 g/mol. The largest absolute Gasteiger partial charge is 0.497 e. The Morgan fingerprint density at radius 3 is 2.65 bits per heavy atom. The fourth-order valence-corrected chi connectivity index (χ4v) is 3.33. The van der Waals surface area contributed by atoms with Crippen molar-refractivity contribution in [3.63, 3.8) is 0 Å². The molecule has 0 amide bonds. The Kier molecular flexibility index (Phi) is 5.49. The summed E-state index contributed by atoms with van der Waals surface area (Å²) < 4.78 is 7.05. The highest BCUT2D eigenvalue weighted by Gasteiger charge is 2.15. The first-order chi connectivity index (χ1) is 12.6. The number of thioether (sulfide) groups is 1. The van der Waals surface area contributed by atoms with Gasteiger partial charge in [0, 0.05) is 23.6 Å². The van der Waals surface area contributed by atoms with Crippen LogP contribution in [0.25, 0.3) is 5.69 Å². The number of ether oxygens (including phenoxy) is 1. The summed E-state index contributed by atoms with van der Waals surface area (Å²) in [5, 5.41) is 19.8. The van der Waals surface area contributed by atoms with Crippen LogP contribution in [0.1, 0.15) is 11.4 Å². The van der Waals surface area contributed by atoms with Crippen LogP contribution in [0.5, 0.6) is 5.75 Å². The van der Waals surface area contributed by atoms with Gasteiger partial charge in [0.05, 0.1) is 18.6 Å². The van der Waals surface area contributed by atoms with Gasteiger partial charge in [-0.2, -0.15) is 0 Å². The molecule has 0 fully saturated rings. The number of nitrogens with two attached hydrogens (primary N) is 1. The lowest BCUT2D eigenvalue weighted by atomic mass is 10.2. The van der Waals surface area contributed by atoms with Gasteiger partial charge in [0.25, 0.3) is 5.69 Å². The quantitative estimate of drug-likeness (QED) is 0.386. The van der Waals surface area contributed by atoms with E-state index in [9.17, 15) is 10.1 Å². The zero-order valence-corrected chi connectivity index (χ0v) is 14.8. The van der Waals surface area contributed by atoms with Gasteiger partial charge in [-0.25, -0.2) is 0 Å². The van der Waals surface area contributed by atoms with Crippen molar-refractivity contribution in [3.05, 3.63) is 70.0 Å². The number of rotatable bonds is 7. The minimum Gasteiger partial charge on any atom is -0.497 e. The summed E-state index contributed by atoms with van der Waals surface area (Å²) in [5.74, 6) is 2.06. The summed E-state index contributed by atoms with van der Waals surface area (Å²) in [6, 6.07) is 14.0. The van der Waals surface area contributed by atoms with Crippen LogP contribution in [0, 0.1) is 10.1 Å². The third-order valence-corrected chi connectivity index (χ3v) is 4.70. The van der Waals surface area contributed by atoms with Crippen LogP contribution >= 0.6 is 11.8 Å². The lowest BCUT2D eigenvalue weighted by Gasteiger charge is -2.09. The zero-order valence-electron chi connectivity index (χ0n) is 14.0. The van der Waals surface area contributed by atoms with E-state index in [0.717, 1.165) is 17.0 Å². The molecule has 0 unspecified atom stereocenters. The predicted octanol–water partition coefficient (Wildman–Crippen LogP) is 2.94. The molecule has 0 radical (unpaired) electrons. The normalized spacial score (nSPS) is 10.7. The second kappa shape index (κ2) is 7.98. The van der Waals surface area contributed by atoms with Gasteiger partial charge in [0.2, 0.25) is 0 Å². The summed E-state index contributed by atoms with van der Waals surface area (Å²) in [7, 11) is 1.63. The Labute approximate surface area is 154 Å². The molecule has 0 spiro atoms. The summed E-state index contributed by atoms with van der Waals surface area (Å²) in [6.45, 7) is 0.212. The van der Waals surface area contributed by atoms with Crippen LogP contribution in [-0.2, 0) is 12.3 Å². The molecular weight excluding hydrogens is 354 g/mol. The number of methoxy groups -OCH3 is 1. The zero-order chi connectivity index (χ0) is 18.5. The van der Waals surface area contributed by atoms with Gasteiger partial charge in [0.15, 0.2) is 11.0 Å². The molecule has 1 aromatic heterocycles. The molecule has 0 aliphatic heterocycles. The first-order valence-corrected chi connectivity index (χ1v) is 8.76. The average Bonchev–Trinajstić information content (AvgIpc) is 3.09. The van der Waals surface area contributed by atoms with Gasteiger partial charge in [-0.15, -0.1) is 10.2 Å². The van der Waals surface area contributed by atoms with Crippen LogP contribution in [0.15, 0.2) is 53.7 Å². The van der Waals surface area contributed by atoms with E-state index in [-0.39, 0.29) is 12.2 Å². The van der Waals surface area contributed by atoms with E-state index in [0.29, 0.717) is 16.7 Å². The standard InChI is InChI=1S/C17H17N5O3S/c1-25-15-4-2-3-12(9-15)11-26-17-20-19-16(10-18)21(17)13-5-7-14(8-6-13)22(23)24/h2-9H,10-11,18H2,1H3. The van der Waals surface area contributed by atoms with Gasteiger partial charge in [-0.1, -0.05) is 23.9 Å². The second-order valence-electron chi connectivity index (χ2n) is 5.35. The highest BCUT2D eigenvalue weighted by atomic mass is 32.2. The number of non-ortho nitro benzene ring substituents is 1. The molecule has 3 aromatic rings. The molecule has 9 heteroatoms. The first-order valence-electron chi connectivity index (χ1n) is 7.77. The summed E-state index contributed by atoms with van der Waals surface area (Å²) in [5.41, 5.74) is 7.61. The Balaban J connectivity index is 1.86. The van der Waals surface area contributed by atoms with E-state index in [2.05, 4.69) is 10.2 Å². The van der Waals surface area contributed by atoms with E-state index in [1.54, 1.807) is 19.2 Å². The van der Waals surface area contributed by atoms with E-state index in [4.69, 9.17) is 10.5 Å². The SMILES string of the molecule is COc1cccc(CSc2nnc(CN)n2-c2ccc([N+](=O)[O-])cc2)c1. The molecular formula is C17H17N5O3S. The number of benzene rings is 2. The smallest absolute Gasteiger partial charge is 0.269 e. The van der Waals surface area contributed by atoms with Gasteiger partial charge in [0.1, 0.15) is 5.75 Å². The molecule has 0 aliphatic rings. The van der Waals surface area contributed by atoms with Crippen molar-refractivity contribution in [1.82, 2.24) is 14.8 Å². The Bertz CT molecular complexity index is 911. The van der Waals surface area contributed by atoms with Crippen molar-refractivity contribution in [1.29, 1.82) is 0 Å². The molecule has 2 aromatic carbocycles. The summed E-state index contributed by atoms with van der Waals surface area (Å²) in [4.78, 5) is 10.4. The lowest BCUT2D eigenvalue weighted by molar-refractivity contribution is -0.384. The van der Waals surface area contributed by atoms with E-state index in [1.165, 1.54) is 23.9 Å². The van der Waals surface area contributed by atoms with Crippen molar-refractivity contribution in [3.8, 4) is 11.4 Å². The van der Waals surface area contributed by atoms with E-state index in [1.807, 2.05) is 28.8 Å². The topological polar surface area (TPSA) is 109 Å². The van der Waals surface area contributed by atoms with Crippen LogP contribution in [0.3, 0.4) is 0 Å². The monoisotopic (exact) mass is 371 g/mol. The molecule has 0 bridgehead atoms. The van der Waals surface area contributed by atoms with Crippen LogP contribution in [0.4, 0.5) is 5.69 Å². The maximum atomic E-state index is 10.8. The van der Waals surface area contributed by atoms with Gasteiger partial charge >= 0.3 is 0 Å². The number of nitro groups is 1. The van der Waals surface area contributed by atoms with E-state index < -0.39 is 4.92 Å². The van der Waals surface area contributed by atoms with Gasteiger partial charge in [-0.3, -0.25) is 14.7 Å². The Morgan fingerprint density at radius 2 is 2.00 bits per heavy atom. The van der Waals surface area contributed by atoms with Crippen LogP contribution in [-0.4, -0.2) is 26.8 Å². The number of aromatic nitrogens is 3. The molecule has 0 atom stereocenters. The van der Waals surface area contributed by atoms with Crippen molar-refractivity contribution >= 4 is 17.4 Å². The number of nitro benzene ring substituents is 1. The molecule has 3 rings (SSSR count). The minimum absolute atomic E-state index is 0.0294. The van der Waals surface area contributed by atoms with Crippen LogP contribution in [0.2, 0.25) is 0 Å². The lowest BCUT2D eigenvalue weighted by Crippen LogP contribution is -2.07. The highest BCUT2D eigenvalue weighted by Crippen LogP contribution is 2.27. The summed E-state index contributed by atoms with van der Waals surface area (Å²) >= 11 is 1.51. The van der Waals surface area contributed by atoms with Crippen LogP contribution < -0.4 is 10.5 Å². The maximum Gasteiger partial charge on any atom is 0.269 e. The Morgan fingerprint density at radius 1 is 1.23 bits per heavy atom. The number of hydrogen-bond acceptors (Lipinski definition) is 7. The third kappa shape index (κ3) is 3.84. The molecule has 26 heavy (non-hydrogen) atoms. The van der Waals surface area contributed by atoms with Gasteiger partial charge < -0.3 is 10.5 Å². The molecule has 134 valence electrons. The first kappa shape index (κ1) is 17.9. The maximum absolute atomic E-state index is 10.8. The molecule has 0 saturated carbocycles. The van der Waals surface area contributed by atoms with Crippen molar-refractivity contribution < 1.29 is 9.66 Å². The Hall–Kier alpha value is -2.91. The summed E-state index contributed by atoms with van der Waals surface area (Å²) in [6.07, 6.45) is 0. The van der Waals surface area contributed by atoms with Crippen molar-refractivity contribution in [2.45, 2.75) is 17.5 Å². The predicted molar refractivity (Wildman–Crippen MR) is 98.5 cm³/mol. The fraction of sp³-hybridized carbons (Fsp3) is 0.176.